The Balaban J connectivity index is 4.43. The zero-order chi connectivity index (χ0) is 14.2. The van der Waals surface area contributed by atoms with E-state index in [1.54, 1.807) is 0 Å². The van der Waals surface area contributed by atoms with Crippen LogP contribution in [-0.4, -0.2) is 50.8 Å². The first-order valence-corrected chi connectivity index (χ1v) is 8.20. The summed E-state index contributed by atoms with van der Waals surface area (Å²) in [5, 5.41) is 0. The van der Waals surface area contributed by atoms with Gasteiger partial charge in [-0.1, -0.05) is 13.8 Å². The van der Waals surface area contributed by atoms with Crippen molar-refractivity contribution in [2.45, 2.75) is 40.2 Å². The minimum atomic E-state index is -3.23. The van der Waals surface area contributed by atoms with Gasteiger partial charge in [0.15, 0.2) is 0 Å². The van der Waals surface area contributed by atoms with Crippen molar-refractivity contribution in [1.82, 2.24) is 4.31 Å². The lowest BCUT2D eigenvalue weighted by molar-refractivity contribution is 0.0906. The van der Waals surface area contributed by atoms with Gasteiger partial charge in [-0.25, -0.2) is 12.7 Å². The summed E-state index contributed by atoms with van der Waals surface area (Å²) in [6, 6.07) is 0. The molecule has 0 fully saturated rings. The van der Waals surface area contributed by atoms with Gasteiger partial charge in [0.25, 0.3) is 0 Å². The van der Waals surface area contributed by atoms with Crippen LogP contribution < -0.4 is 5.73 Å². The molecule has 0 rings (SSSR count). The van der Waals surface area contributed by atoms with Crippen molar-refractivity contribution in [3.05, 3.63) is 0 Å². The number of nitrogens with two attached hydrogens (primary N) is 1. The molecule has 110 valence electrons. The molecule has 0 aromatic rings. The molecule has 2 N–H and O–H groups in total. The molecular formula is C12H28N2O3S. The van der Waals surface area contributed by atoms with E-state index in [1.807, 2.05) is 27.7 Å². The number of sulfonamides is 1. The summed E-state index contributed by atoms with van der Waals surface area (Å²) in [6.45, 7) is 9.61. The minimum absolute atomic E-state index is 0.0441. The zero-order valence-electron chi connectivity index (χ0n) is 12.1. The molecule has 0 spiro atoms. The van der Waals surface area contributed by atoms with Crippen LogP contribution in [0.4, 0.5) is 0 Å². The lowest BCUT2D eigenvalue weighted by atomic mass is 10.2. The Bertz CT molecular complexity index is 302. The van der Waals surface area contributed by atoms with Crippen LogP contribution in [0.3, 0.4) is 0 Å². The van der Waals surface area contributed by atoms with Gasteiger partial charge in [0.05, 0.1) is 18.5 Å². The Hall–Kier alpha value is -0.170. The Morgan fingerprint density at radius 1 is 1.22 bits per heavy atom. The second-order valence-electron chi connectivity index (χ2n) is 5.13. The maximum atomic E-state index is 12.2. The molecule has 0 aromatic carbocycles. The van der Waals surface area contributed by atoms with Crippen molar-refractivity contribution in [3.63, 3.8) is 0 Å². The van der Waals surface area contributed by atoms with E-state index in [0.717, 1.165) is 0 Å². The van der Waals surface area contributed by atoms with Crippen molar-refractivity contribution in [2.24, 2.45) is 11.7 Å². The summed E-state index contributed by atoms with van der Waals surface area (Å²) < 4.78 is 31.2. The van der Waals surface area contributed by atoms with Gasteiger partial charge >= 0.3 is 0 Å². The predicted octanol–water partition coefficient (Wildman–Crippen LogP) is 1.05. The van der Waals surface area contributed by atoms with Gasteiger partial charge < -0.3 is 10.5 Å². The minimum Gasteiger partial charge on any atom is -0.378 e. The summed E-state index contributed by atoms with van der Waals surface area (Å²) in [6.07, 6.45) is 0.750. The van der Waals surface area contributed by atoms with E-state index in [1.165, 1.54) is 4.31 Å². The number of hydrogen-bond acceptors (Lipinski definition) is 4. The molecule has 0 heterocycles. The lowest BCUT2D eigenvalue weighted by Crippen LogP contribution is -2.38. The summed E-state index contributed by atoms with van der Waals surface area (Å²) in [5.41, 5.74) is 5.44. The molecule has 0 aromatic heterocycles. The van der Waals surface area contributed by atoms with E-state index in [-0.39, 0.29) is 18.5 Å². The second-order valence-corrected chi connectivity index (χ2v) is 7.22. The van der Waals surface area contributed by atoms with Gasteiger partial charge in [0.1, 0.15) is 0 Å². The van der Waals surface area contributed by atoms with Gasteiger partial charge in [-0.3, -0.25) is 0 Å². The van der Waals surface area contributed by atoms with Crippen LogP contribution in [0.25, 0.3) is 0 Å². The molecular weight excluding hydrogens is 252 g/mol. The van der Waals surface area contributed by atoms with Crippen LogP contribution in [-0.2, 0) is 14.8 Å². The number of rotatable bonds is 10. The van der Waals surface area contributed by atoms with E-state index in [9.17, 15) is 8.42 Å². The Morgan fingerprint density at radius 3 is 2.28 bits per heavy atom. The standard InChI is InChI=1S/C12H28N2O3S/c1-11(2)10-14(7-5-6-13)18(15,16)9-8-17-12(3)4/h11-12H,5-10,13H2,1-4H3. The number of hydrogen-bond donors (Lipinski definition) is 1. The molecule has 0 saturated carbocycles. The zero-order valence-corrected chi connectivity index (χ0v) is 12.9. The molecule has 0 aliphatic carbocycles. The third-order valence-corrected chi connectivity index (χ3v) is 4.17. The van der Waals surface area contributed by atoms with E-state index < -0.39 is 10.0 Å². The summed E-state index contributed by atoms with van der Waals surface area (Å²) in [4.78, 5) is 0. The Kier molecular flexibility index (Phi) is 8.77. The largest absolute Gasteiger partial charge is 0.378 e. The summed E-state index contributed by atoms with van der Waals surface area (Å²) in [7, 11) is -3.23. The third kappa shape index (κ3) is 8.02. The first kappa shape index (κ1) is 17.8. The van der Waals surface area contributed by atoms with Crippen LogP contribution in [0.1, 0.15) is 34.1 Å². The molecule has 0 atom stereocenters. The predicted molar refractivity (Wildman–Crippen MR) is 75.0 cm³/mol. The highest BCUT2D eigenvalue weighted by atomic mass is 32.2. The fourth-order valence-electron chi connectivity index (χ4n) is 1.54. The quantitative estimate of drug-likeness (QED) is 0.649. The fraction of sp³-hybridized carbons (Fsp3) is 1.00. The molecule has 0 aliphatic rings. The van der Waals surface area contributed by atoms with E-state index in [0.29, 0.717) is 32.0 Å². The molecule has 0 aliphatic heterocycles. The summed E-state index contributed by atoms with van der Waals surface area (Å²) >= 11 is 0. The fourth-order valence-corrected chi connectivity index (χ4v) is 3.03. The summed E-state index contributed by atoms with van der Waals surface area (Å²) in [5.74, 6) is 0.353. The van der Waals surface area contributed by atoms with Gasteiger partial charge in [0, 0.05) is 13.1 Å². The van der Waals surface area contributed by atoms with Crippen LogP contribution in [0.2, 0.25) is 0 Å². The molecule has 5 nitrogen and oxygen atoms in total. The van der Waals surface area contributed by atoms with Crippen LogP contribution in [0.5, 0.6) is 0 Å². The lowest BCUT2D eigenvalue weighted by Gasteiger charge is -2.24. The van der Waals surface area contributed by atoms with Crippen molar-refractivity contribution < 1.29 is 13.2 Å². The van der Waals surface area contributed by atoms with Gasteiger partial charge in [-0.2, -0.15) is 0 Å². The van der Waals surface area contributed by atoms with Crippen molar-refractivity contribution in [2.75, 3.05) is 32.0 Å². The van der Waals surface area contributed by atoms with Crippen LogP contribution in [0, 0.1) is 5.92 Å². The highest BCUT2D eigenvalue weighted by Gasteiger charge is 2.22. The van der Waals surface area contributed by atoms with E-state index >= 15 is 0 Å². The molecule has 18 heavy (non-hydrogen) atoms. The molecule has 0 amide bonds. The first-order valence-electron chi connectivity index (χ1n) is 6.59. The molecule has 6 heteroatoms. The van der Waals surface area contributed by atoms with Gasteiger partial charge in [-0.05, 0) is 32.7 Å². The second kappa shape index (κ2) is 8.85. The number of ether oxygens (including phenoxy) is 1. The average Bonchev–Trinajstić information content (AvgIpc) is 2.22. The highest BCUT2D eigenvalue weighted by molar-refractivity contribution is 7.89. The molecule has 0 radical (unpaired) electrons. The van der Waals surface area contributed by atoms with Crippen LogP contribution in [0.15, 0.2) is 0 Å². The highest BCUT2D eigenvalue weighted by Crippen LogP contribution is 2.08. The van der Waals surface area contributed by atoms with Crippen LogP contribution >= 0.6 is 0 Å². The Labute approximate surface area is 112 Å². The van der Waals surface area contributed by atoms with E-state index in [4.69, 9.17) is 10.5 Å². The molecule has 0 saturated heterocycles. The Morgan fingerprint density at radius 2 is 1.83 bits per heavy atom. The topological polar surface area (TPSA) is 72.6 Å². The molecule has 0 bridgehead atoms. The normalized spacial score (nSPS) is 12.9. The first-order chi connectivity index (χ1) is 8.29. The smallest absolute Gasteiger partial charge is 0.216 e. The third-order valence-electron chi connectivity index (χ3n) is 2.37. The molecule has 0 unspecified atom stereocenters. The number of nitrogens with zero attached hydrogens (tertiary/aromatic N) is 1. The maximum absolute atomic E-state index is 12.2. The van der Waals surface area contributed by atoms with Gasteiger partial charge in [0.2, 0.25) is 10.0 Å². The van der Waals surface area contributed by atoms with Crippen molar-refractivity contribution in [3.8, 4) is 0 Å². The van der Waals surface area contributed by atoms with Gasteiger partial charge in [-0.15, -0.1) is 0 Å². The monoisotopic (exact) mass is 280 g/mol. The van der Waals surface area contributed by atoms with E-state index in [2.05, 4.69) is 0 Å². The maximum Gasteiger partial charge on any atom is 0.216 e. The van der Waals surface area contributed by atoms with Crippen molar-refractivity contribution in [1.29, 1.82) is 0 Å². The van der Waals surface area contributed by atoms with Crippen molar-refractivity contribution >= 4 is 10.0 Å². The SMILES string of the molecule is CC(C)CN(CCCN)S(=O)(=O)CCOC(C)C. The average molecular weight is 280 g/mol.